The smallest absolute Gasteiger partial charge is 0.240 e. The fraction of sp³-hybridized carbons (Fsp3) is 0.273. The third kappa shape index (κ3) is 6.18. The van der Waals surface area contributed by atoms with E-state index >= 15 is 0 Å². The molecular weight excluding hydrogens is 408 g/mol. The highest BCUT2D eigenvalue weighted by Crippen LogP contribution is 2.24. The van der Waals surface area contributed by atoms with E-state index in [4.69, 9.17) is 16.0 Å². The van der Waals surface area contributed by atoms with Gasteiger partial charge in [-0.25, -0.2) is 13.1 Å². The second kappa shape index (κ2) is 9.59. The maximum absolute atomic E-state index is 12.2. The van der Waals surface area contributed by atoms with Crippen molar-refractivity contribution < 1.29 is 12.8 Å². The quantitative estimate of drug-likeness (QED) is 0.484. The molecule has 0 fully saturated rings. The summed E-state index contributed by atoms with van der Waals surface area (Å²) < 4.78 is 32.9. The first-order chi connectivity index (χ1) is 13.8. The van der Waals surface area contributed by atoms with E-state index in [2.05, 4.69) is 10.0 Å². The Balaban J connectivity index is 1.54. The second-order valence-corrected chi connectivity index (χ2v) is 9.27. The van der Waals surface area contributed by atoms with Gasteiger partial charge in [0.25, 0.3) is 0 Å². The summed E-state index contributed by atoms with van der Waals surface area (Å²) in [5, 5.41) is 4.10. The molecule has 0 saturated heterocycles. The summed E-state index contributed by atoms with van der Waals surface area (Å²) >= 11 is 5.90. The topological polar surface area (TPSA) is 71.3 Å². The highest BCUT2D eigenvalue weighted by molar-refractivity contribution is 7.89. The number of nitrogens with one attached hydrogen (secondary N) is 2. The summed E-state index contributed by atoms with van der Waals surface area (Å²) in [5.74, 6) is 1.54. The number of halogens is 1. The van der Waals surface area contributed by atoms with E-state index in [-0.39, 0.29) is 10.9 Å². The van der Waals surface area contributed by atoms with Gasteiger partial charge >= 0.3 is 0 Å². The molecule has 0 amide bonds. The molecule has 2 N–H and O–H groups in total. The van der Waals surface area contributed by atoms with Gasteiger partial charge < -0.3 is 9.73 Å². The van der Waals surface area contributed by atoms with E-state index in [1.54, 1.807) is 38.1 Å². The van der Waals surface area contributed by atoms with Crippen molar-refractivity contribution in [3.63, 3.8) is 0 Å². The van der Waals surface area contributed by atoms with Gasteiger partial charge in [-0.15, -0.1) is 0 Å². The monoisotopic (exact) mass is 432 g/mol. The Labute approximate surface area is 177 Å². The Bertz CT molecular complexity index is 1030. The molecule has 1 heterocycles. The number of benzene rings is 2. The van der Waals surface area contributed by atoms with Crippen LogP contribution in [0.15, 0.2) is 70.0 Å². The lowest BCUT2D eigenvalue weighted by atomic mass is 10.1. The average molecular weight is 433 g/mol. The third-order valence-corrected chi connectivity index (χ3v) is 6.23. The summed E-state index contributed by atoms with van der Waals surface area (Å²) in [5.41, 5.74) is 2.06. The molecule has 0 unspecified atom stereocenters. The molecule has 1 aromatic heterocycles. The van der Waals surface area contributed by atoms with Gasteiger partial charge in [0.1, 0.15) is 11.5 Å². The highest BCUT2D eigenvalue weighted by atomic mass is 35.5. The fourth-order valence-electron chi connectivity index (χ4n) is 2.90. The molecule has 5 nitrogen and oxygen atoms in total. The van der Waals surface area contributed by atoms with Crippen molar-refractivity contribution >= 4 is 21.6 Å². The standard InChI is InChI=1S/C22H25ClN2O3S/c1-16(2)25-29(26,27)21-10-5-18(6-11-21)22-12-9-20(28-22)15-24-14-13-17-3-7-19(23)8-4-17/h3-12,16,24-25H,13-15H2,1-2H3. The number of furan rings is 1. The first-order valence-corrected chi connectivity index (χ1v) is 11.4. The molecule has 0 aliphatic heterocycles. The van der Waals surface area contributed by atoms with Crippen LogP contribution < -0.4 is 10.0 Å². The lowest BCUT2D eigenvalue weighted by Gasteiger charge is -2.09. The lowest BCUT2D eigenvalue weighted by Crippen LogP contribution is -2.30. The number of rotatable bonds is 9. The van der Waals surface area contributed by atoms with Gasteiger partial charge in [0.05, 0.1) is 11.4 Å². The normalized spacial score (nSPS) is 11.9. The Kier molecular flexibility index (Phi) is 7.14. The summed E-state index contributed by atoms with van der Waals surface area (Å²) in [6.45, 7) is 5.03. The molecule has 0 saturated carbocycles. The Morgan fingerprint density at radius 1 is 0.966 bits per heavy atom. The minimum Gasteiger partial charge on any atom is -0.460 e. The molecular formula is C22H25ClN2O3S. The first kappa shape index (κ1) is 21.6. The minimum absolute atomic E-state index is 0.153. The van der Waals surface area contributed by atoms with Gasteiger partial charge in [0.15, 0.2) is 0 Å². The second-order valence-electron chi connectivity index (χ2n) is 7.12. The third-order valence-electron chi connectivity index (χ3n) is 4.30. The zero-order valence-corrected chi connectivity index (χ0v) is 18.1. The molecule has 0 spiro atoms. The maximum atomic E-state index is 12.2. The van der Waals surface area contributed by atoms with Crippen LogP contribution >= 0.6 is 11.6 Å². The average Bonchev–Trinajstić information content (AvgIpc) is 3.15. The zero-order valence-electron chi connectivity index (χ0n) is 16.5. The summed E-state index contributed by atoms with van der Waals surface area (Å²) in [6.07, 6.45) is 0.908. The fourth-order valence-corrected chi connectivity index (χ4v) is 4.28. The molecule has 0 atom stereocenters. The molecule has 154 valence electrons. The summed E-state index contributed by atoms with van der Waals surface area (Å²) in [6, 6.07) is 18.2. The van der Waals surface area contributed by atoms with E-state index in [1.807, 2.05) is 36.4 Å². The highest BCUT2D eigenvalue weighted by Gasteiger charge is 2.15. The molecule has 0 radical (unpaired) electrons. The van der Waals surface area contributed by atoms with Crippen LogP contribution in [0.2, 0.25) is 5.02 Å². The first-order valence-electron chi connectivity index (χ1n) is 9.50. The molecule has 2 aromatic carbocycles. The van der Waals surface area contributed by atoms with Crippen molar-refractivity contribution in [2.75, 3.05) is 6.54 Å². The van der Waals surface area contributed by atoms with E-state index in [1.165, 1.54) is 5.56 Å². The Hall–Kier alpha value is -2.12. The Morgan fingerprint density at radius 3 is 2.31 bits per heavy atom. The van der Waals surface area contributed by atoms with Crippen molar-refractivity contribution in [2.24, 2.45) is 0 Å². The predicted molar refractivity (Wildman–Crippen MR) is 116 cm³/mol. The van der Waals surface area contributed by atoms with Crippen LogP contribution in [0.3, 0.4) is 0 Å². The number of hydrogen-bond acceptors (Lipinski definition) is 4. The molecule has 0 aliphatic rings. The number of sulfonamides is 1. The summed E-state index contributed by atoms with van der Waals surface area (Å²) in [4.78, 5) is 0.241. The van der Waals surface area contributed by atoms with Crippen molar-refractivity contribution in [1.82, 2.24) is 10.0 Å². The van der Waals surface area contributed by atoms with Crippen molar-refractivity contribution in [3.8, 4) is 11.3 Å². The molecule has 3 rings (SSSR count). The van der Waals surface area contributed by atoms with E-state index in [0.29, 0.717) is 12.3 Å². The van der Waals surface area contributed by atoms with Gasteiger partial charge in [0, 0.05) is 16.6 Å². The van der Waals surface area contributed by atoms with Crippen molar-refractivity contribution in [3.05, 3.63) is 77.0 Å². The largest absolute Gasteiger partial charge is 0.460 e. The molecule has 3 aromatic rings. The van der Waals surface area contributed by atoms with Crippen molar-refractivity contribution in [1.29, 1.82) is 0 Å². The Morgan fingerprint density at radius 2 is 1.66 bits per heavy atom. The maximum Gasteiger partial charge on any atom is 0.240 e. The van der Waals surface area contributed by atoms with Gasteiger partial charge in [-0.1, -0.05) is 23.7 Å². The van der Waals surface area contributed by atoms with Gasteiger partial charge in [0.2, 0.25) is 10.0 Å². The lowest BCUT2D eigenvalue weighted by molar-refractivity contribution is 0.494. The van der Waals surface area contributed by atoms with Crippen LogP contribution in [0.1, 0.15) is 25.2 Å². The van der Waals surface area contributed by atoms with Crippen LogP contribution in [-0.2, 0) is 23.0 Å². The SMILES string of the molecule is CC(C)NS(=O)(=O)c1ccc(-c2ccc(CNCCc3ccc(Cl)cc3)o2)cc1. The van der Waals surface area contributed by atoms with E-state index < -0.39 is 10.0 Å². The van der Waals surface area contributed by atoms with Crippen LogP contribution in [0.5, 0.6) is 0 Å². The van der Waals surface area contributed by atoms with Crippen molar-refractivity contribution in [2.45, 2.75) is 37.8 Å². The molecule has 0 bridgehead atoms. The van der Waals surface area contributed by atoms with E-state index in [0.717, 1.165) is 29.3 Å². The predicted octanol–water partition coefficient (Wildman–Crippen LogP) is 4.62. The van der Waals surface area contributed by atoms with E-state index in [9.17, 15) is 8.42 Å². The minimum atomic E-state index is -3.49. The number of hydrogen-bond donors (Lipinski definition) is 2. The van der Waals surface area contributed by atoms with Gasteiger partial charge in [-0.05, 0) is 80.9 Å². The van der Waals surface area contributed by atoms with Crippen LogP contribution in [0, 0.1) is 0 Å². The van der Waals surface area contributed by atoms with Crippen LogP contribution in [-0.4, -0.2) is 21.0 Å². The van der Waals surface area contributed by atoms with Crippen LogP contribution in [0.25, 0.3) is 11.3 Å². The molecule has 29 heavy (non-hydrogen) atoms. The molecule has 7 heteroatoms. The summed E-state index contributed by atoms with van der Waals surface area (Å²) in [7, 11) is -3.49. The van der Waals surface area contributed by atoms with Crippen LogP contribution in [0.4, 0.5) is 0 Å². The van der Waals surface area contributed by atoms with Gasteiger partial charge in [-0.3, -0.25) is 0 Å². The van der Waals surface area contributed by atoms with Gasteiger partial charge in [-0.2, -0.15) is 0 Å². The molecule has 0 aliphatic carbocycles. The zero-order chi connectivity index (χ0) is 20.9.